The third kappa shape index (κ3) is 8.19. The van der Waals surface area contributed by atoms with E-state index in [2.05, 4.69) is 5.32 Å². The van der Waals surface area contributed by atoms with Gasteiger partial charge in [-0.2, -0.15) is 0 Å². The second-order valence-electron chi connectivity index (χ2n) is 10.7. The van der Waals surface area contributed by atoms with Crippen LogP contribution in [-0.2, 0) is 26.2 Å². The maximum atomic E-state index is 14.2. The van der Waals surface area contributed by atoms with Crippen LogP contribution in [-0.4, -0.2) is 44.3 Å². The zero-order valence-corrected chi connectivity index (χ0v) is 25.9. The summed E-state index contributed by atoms with van der Waals surface area (Å²) in [5.41, 5.74) is 5.00. The van der Waals surface area contributed by atoms with Crippen LogP contribution in [0.4, 0.5) is 5.69 Å². The molecular weight excluding hydrogens is 534 g/mol. The predicted octanol–water partition coefficient (Wildman–Crippen LogP) is 5.84. The second-order valence-corrected chi connectivity index (χ2v) is 12.6. The molecule has 0 bridgehead atoms. The predicted molar refractivity (Wildman–Crippen MR) is 165 cm³/mol. The number of aryl methyl sites for hydroxylation is 4. The summed E-state index contributed by atoms with van der Waals surface area (Å²) in [4.78, 5) is 29.1. The number of unbranched alkanes of at least 4 members (excludes halogenated alkanes) is 1. The first kappa shape index (κ1) is 31.9. The zero-order valence-electron chi connectivity index (χ0n) is 25.1. The van der Waals surface area contributed by atoms with Crippen LogP contribution in [0, 0.1) is 27.7 Å². The minimum atomic E-state index is -4.10. The highest BCUT2D eigenvalue weighted by Crippen LogP contribution is 2.28. The molecule has 0 aliphatic rings. The Hall–Kier alpha value is -3.65. The molecule has 0 saturated carbocycles. The van der Waals surface area contributed by atoms with E-state index in [0.29, 0.717) is 18.7 Å². The van der Waals surface area contributed by atoms with E-state index in [0.717, 1.165) is 40.7 Å². The number of amides is 2. The van der Waals surface area contributed by atoms with Crippen LogP contribution in [0.25, 0.3) is 0 Å². The molecule has 0 aromatic heterocycles. The monoisotopic (exact) mass is 577 g/mol. The quantitative estimate of drug-likeness (QED) is 0.259. The molecule has 3 aromatic rings. The van der Waals surface area contributed by atoms with Gasteiger partial charge < -0.3 is 10.2 Å². The summed E-state index contributed by atoms with van der Waals surface area (Å²) >= 11 is 0. The largest absolute Gasteiger partial charge is 0.354 e. The number of hydrogen-bond donors (Lipinski definition) is 1. The van der Waals surface area contributed by atoms with Crippen molar-refractivity contribution in [3.05, 3.63) is 94.5 Å². The molecule has 41 heavy (non-hydrogen) atoms. The smallest absolute Gasteiger partial charge is 0.264 e. The highest BCUT2D eigenvalue weighted by atomic mass is 32.2. The summed E-state index contributed by atoms with van der Waals surface area (Å²) in [6, 6.07) is 19.1. The van der Waals surface area contributed by atoms with Gasteiger partial charge in [-0.25, -0.2) is 8.42 Å². The lowest BCUT2D eigenvalue weighted by Gasteiger charge is -2.33. The number of carbonyl (C=O) groups excluding carboxylic acids is 2. The fourth-order valence-corrected chi connectivity index (χ4v) is 6.35. The molecule has 1 N–H and O–H groups in total. The number of nitrogens with one attached hydrogen (secondary N) is 1. The van der Waals surface area contributed by atoms with Crippen molar-refractivity contribution in [2.45, 2.75) is 78.3 Å². The second kappa shape index (κ2) is 14.3. The number of benzene rings is 3. The molecule has 0 radical (unpaired) electrons. The van der Waals surface area contributed by atoms with E-state index in [1.807, 2.05) is 77.9 Å². The fourth-order valence-electron chi connectivity index (χ4n) is 4.87. The molecular formula is C33H43N3O4S. The SMILES string of the molecule is CCCCNC(=O)C(CC)N(Cc1cccc(C)c1)C(=O)CN(c1ccc(C)cc1C)S(=O)(=O)c1ccc(C)cc1. The first-order valence-corrected chi connectivity index (χ1v) is 15.7. The van der Waals surface area contributed by atoms with E-state index in [-0.39, 0.29) is 17.3 Å². The average molecular weight is 578 g/mol. The molecule has 7 nitrogen and oxygen atoms in total. The Balaban J connectivity index is 2.07. The molecule has 0 saturated heterocycles. The van der Waals surface area contributed by atoms with Crippen LogP contribution < -0.4 is 9.62 Å². The van der Waals surface area contributed by atoms with Crippen LogP contribution in [0.2, 0.25) is 0 Å². The van der Waals surface area contributed by atoms with Gasteiger partial charge in [-0.1, -0.05) is 85.5 Å². The first-order valence-electron chi connectivity index (χ1n) is 14.3. The van der Waals surface area contributed by atoms with Crippen molar-refractivity contribution in [2.24, 2.45) is 0 Å². The minimum absolute atomic E-state index is 0.102. The summed E-state index contributed by atoms with van der Waals surface area (Å²) in [6.45, 7) is 11.8. The van der Waals surface area contributed by atoms with Gasteiger partial charge in [0.2, 0.25) is 11.8 Å². The third-order valence-corrected chi connectivity index (χ3v) is 8.93. The van der Waals surface area contributed by atoms with Gasteiger partial charge in [0.15, 0.2) is 0 Å². The van der Waals surface area contributed by atoms with Gasteiger partial charge in [-0.15, -0.1) is 0 Å². The molecule has 2 amide bonds. The van der Waals surface area contributed by atoms with Crippen molar-refractivity contribution in [3.8, 4) is 0 Å². The van der Waals surface area contributed by atoms with Crippen LogP contribution in [0.15, 0.2) is 71.6 Å². The topological polar surface area (TPSA) is 86.8 Å². The highest BCUT2D eigenvalue weighted by Gasteiger charge is 2.34. The highest BCUT2D eigenvalue weighted by molar-refractivity contribution is 7.92. The number of carbonyl (C=O) groups is 2. The first-order chi connectivity index (χ1) is 19.5. The van der Waals surface area contributed by atoms with Gasteiger partial charge in [0.1, 0.15) is 12.6 Å². The maximum absolute atomic E-state index is 14.2. The van der Waals surface area contributed by atoms with Crippen LogP contribution in [0.3, 0.4) is 0 Å². The number of anilines is 1. The van der Waals surface area contributed by atoms with Crippen molar-refractivity contribution in [3.63, 3.8) is 0 Å². The summed E-state index contributed by atoms with van der Waals surface area (Å²) in [6.07, 6.45) is 2.16. The Morgan fingerprint density at radius 1 is 0.854 bits per heavy atom. The molecule has 1 unspecified atom stereocenters. The Morgan fingerprint density at radius 3 is 2.12 bits per heavy atom. The third-order valence-electron chi connectivity index (χ3n) is 7.16. The molecule has 0 fully saturated rings. The molecule has 0 spiro atoms. The van der Waals surface area contributed by atoms with Gasteiger partial charge in [0.25, 0.3) is 10.0 Å². The lowest BCUT2D eigenvalue weighted by atomic mass is 10.1. The molecule has 0 aliphatic carbocycles. The van der Waals surface area contributed by atoms with E-state index in [9.17, 15) is 18.0 Å². The Morgan fingerprint density at radius 2 is 1.51 bits per heavy atom. The maximum Gasteiger partial charge on any atom is 0.264 e. The molecule has 0 aliphatic heterocycles. The molecule has 1 atom stereocenters. The molecule has 3 rings (SSSR count). The Bertz CT molecular complexity index is 1450. The van der Waals surface area contributed by atoms with Crippen molar-refractivity contribution in [1.82, 2.24) is 10.2 Å². The van der Waals surface area contributed by atoms with Crippen LogP contribution >= 0.6 is 0 Å². The Labute approximate surface area is 245 Å². The van der Waals surface area contributed by atoms with Crippen molar-refractivity contribution in [2.75, 3.05) is 17.4 Å². The summed E-state index contributed by atoms with van der Waals surface area (Å²) in [7, 11) is -4.10. The summed E-state index contributed by atoms with van der Waals surface area (Å²) < 4.78 is 29.3. The lowest BCUT2D eigenvalue weighted by molar-refractivity contribution is -0.140. The van der Waals surface area contributed by atoms with Crippen molar-refractivity contribution >= 4 is 27.5 Å². The molecule has 3 aromatic carbocycles. The van der Waals surface area contributed by atoms with Gasteiger partial charge in [0, 0.05) is 13.1 Å². The summed E-state index contributed by atoms with van der Waals surface area (Å²) in [5, 5.41) is 2.96. The summed E-state index contributed by atoms with van der Waals surface area (Å²) in [5.74, 6) is -0.680. The Kier molecular flexibility index (Phi) is 11.1. The molecule has 8 heteroatoms. The standard InChI is InChI=1S/C33H43N3O4S/c1-7-9-19-34-33(38)30(8-2)35(22-28-12-10-11-25(4)21-28)32(37)23-36(31-18-15-26(5)20-27(31)6)41(39,40)29-16-13-24(3)14-17-29/h10-18,20-21,30H,7-9,19,22-23H2,1-6H3,(H,34,38). The van der Waals surface area contributed by atoms with Crippen LogP contribution in [0.5, 0.6) is 0 Å². The number of hydrogen-bond acceptors (Lipinski definition) is 4. The van der Waals surface area contributed by atoms with Gasteiger partial charge in [-0.05, 0) is 69.9 Å². The van der Waals surface area contributed by atoms with E-state index >= 15 is 0 Å². The lowest BCUT2D eigenvalue weighted by Crippen LogP contribution is -2.52. The number of nitrogens with zero attached hydrogens (tertiary/aromatic N) is 2. The molecule has 0 heterocycles. The van der Waals surface area contributed by atoms with E-state index in [4.69, 9.17) is 0 Å². The minimum Gasteiger partial charge on any atom is -0.354 e. The van der Waals surface area contributed by atoms with Gasteiger partial charge >= 0.3 is 0 Å². The van der Waals surface area contributed by atoms with Crippen molar-refractivity contribution in [1.29, 1.82) is 0 Å². The van der Waals surface area contributed by atoms with Crippen LogP contribution in [0.1, 0.15) is 60.9 Å². The van der Waals surface area contributed by atoms with E-state index in [1.54, 1.807) is 30.3 Å². The number of sulfonamides is 1. The van der Waals surface area contributed by atoms with Gasteiger partial charge in [-0.3, -0.25) is 13.9 Å². The normalized spacial score (nSPS) is 12.0. The fraction of sp³-hybridized carbons (Fsp3) is 0.394. The zero-order chi connectivity index (χ0) is 30.2. The van der Waals surface area contributed by atoms with Crippen molar-refractivity contribution < 1.29 is 18.0 Å². The number of rotatable bonds is 13. The van der Waals surface area contributed by atoms with E-state index < -0.39 is 28.5 Å². The molecule has 220 valence electrons. The van der Waals surface area contributed by atoms with E-state index in [1.165, 1.54) is 9.21 Å². The van der Waals surface area contributed by atoms with Gasteiger partial charge in [0.05, 0.1) is 10.6 Å². The average Bonchev–Trinajstić information content (AvgIpc) is 2.92.